The number of amides is 1. The maximum atomic E-state index is 12.5. The van der Waals surface area contributed by atoms with Crippen LogP contribution < -0.4 is 5.32 Å². The summed E-state index contributed by atoms with van der Waals surface area (Å²) in [6.07, 6.45) is 3.60. The number of carbonyl (C=O) groups is 1. The van der Waals surface area contributed by atoms with Crippen LogP contribution in [0.2, 0.25) is 5.02 Å². The van der Waals surface area contributed by atoms with Gasteiger partial charge in [-0.25, -0.2) is 9.97 Å². The monoisotopic (exact) mass is 358 g/mol. The third-order valence-electron chi connectivity index (χ3n) is 3.29. The van der Waals surface area contributed by atoms with Crippen LogP contribution in [0.15, 0.2) is 58.8 Å². The first-order chi connectivity index (χ1) is 11.5. The van der Waals surface area contributed by atoms with Crippen molar-refractivity contribution in [2.24, 2.45) is 7.05 Å². The molecule has 3 aromatic rings. The molecule has 0 spiro atoms. The number of rotatable bonds is 4. The molecule has 0 bridgehead atoms. The molecule has 24 heavy (non-hydrogen) atoms. The Morgan fingerprint density at radius 1 is 1.29 bits per heavy atom. The van der Waals surface area contributed by atoms with Crippen molar-refractivity contribution in [3.05, 3.63) is 65.2 Å². The normalized spacial score (nSPS) is 10.6. The molecule has 1 N–H and O–H groups in total. The van der Waals surface area contributed by atoms with Crippen LogP contribution in [0.5, 0.6) is 0 Å². The maximum absolute atomic E-state index is 12.5. The van der Waals surface area contributed by atoms with Gasteiger partial charge in [-0.2, -0.15) is 0 Å². The lowest BCUT2D eigenvalue weighted by Crippen LogP contribution is -2.14. The highest BCUT2D eigenvalue weighted by molar-refractivity contribution is 7.99. The lowest BCUT2D eigenvalue weighted by Gasteiger charge is -2.11. The van der Waals surface area contributed by atoms with Crippen LogP contribution in [0.3, 0.4) is 0 Å². The van der Waals surface area contributed by atoms with E-state index in [1.165, 1.54) is 11.8 Å². The number of nitrogens with zero attached hydrogens (tertiary/aromatic N) is 3. The predicted molar refractivity (Wildman–Crippen MR) is 95.7 cm³/mol. The lowest BCUT2D eigenvalue weighted by molar-refractivity contribution is 0.102. The first-order valence-corrected chi connectivity index (χ1v) is 8.42. The van der Waals surface area contributed by atoms with Crippen molar-refractivity contribution in [2.75, 3.05) is 5.32 Å². The Hall–Kier alpha value is -2.31. The van der Waals surface area contributed by atoms with Crippen LogP contribution in [-0.2, 0) is 7.05 Å². The van der Waals surface area contributed by atoms with Gasteiger partial charge in [-0.1, -0.05) is 17.7 Å². The van der Waals surface area contributed by atoms with E-state index < -0.39 is 0 Å². The Bertz CT molecular complexity index is 894. The van der Waals surface area contributed by atoms with Crippen molar-refractivity contribution in [3.8, 4) is 0 Å². The average molecular weight is 359 g/mol. The van der Waals surface area contributed by atoms with E-state index in [1.54, 1.807) is 30.5 Å². The fraction of sp³-hybridized carbons (Fsp3) is 0.118. The molecule has 3 rings (SSSR count). The van der Waals surface area contributed by atoms with Crippen molar-refractivity contribution < 1.29 is 4.79 Å². The molecule has 0 aliphatic rings. The van der Waals surface area contributed by atoms with Gasteiger partial charge in [0.25, 0.3) is 5.91 Å². The largest absolute Gasteiger partial charge is 0.329 e. The van der Waals surface area contributed by atoms with Gasteiger partial charge in [0, 0.05) is 35.1 Å². The van der Waals surface area contributed by atoms with Gasteiger partial charge in [0.1, 0.15) is 5.69 Å². The zero-order chi connectivity index (χ0) is 17.1. The molecule has 1 amide bonds. The summed E-state index contributed by atoms with van der Waals surface area (Å²) in [4.78, 5) is 21.8. The number of aromatic nitrogens is 3. The quantitative estimate of drug-likeness (QED) is 0.760. The summed E-state index contributed by atoms with van der Waals surface area (Å²) in [6, 6.07) is 10.7. The smallest absolute Gasteiger partial charge is 0.274 e. The lowest BCUT2D eigenvalue weighted by atomic mass is 10.2. The second-order valence-electron chi connectivity index (χ2n) is 5.18. The fourth-order valence-electron chi connectivity index (χ4n) is 2.09. The number of benzene rings is 1. The molecule has 7 heteroatoms. The van der Waals surface area contributed by atoms with Gasteiger partial charge in [-0.15, -0.1) is 0 Å². The number of anilines is 1. The van der Waals surface area contributed by atoms with E-state index in [4.69, 9.17) is 11.6 Å². The van der Waals surface area contributed by atoms with E-state index in [0.717, 1.165) is 15.7 Å². The second kappa shape index (κ2) is 7.07. The van der Waals surface area contributed by atoms with Gasteiger partial charge in [0.15, 0.2) is 5.16 Å². The molecule has 0 unspecified atom stereocenters. The highest BCUT2D eigenvalue weighted by Gasteiger charge is 2.13. The molecule has 0 aliphatic carbocycles. The number of nitrogens with one attached hydrogen (secondary N) is 1. The third kappa shape index (κ3) is 3.77. The average Bonchev–Trinajstić information content (AvgIpc) is 2.95. The highest BCUT2D eigenvalue weighted by atomic mass is 35.5. The Morgan fingerprint density at radius 2 is 2.12 bits per heavy atom. The fourth-order valence-corrected chi connectivity index (χ4v) is 3.14. The number of aryl methyl sites for hydroxylation is 2. The molecule has 0 saturated carbocycles. The Labute approximate surface area is 149 Å². The van der Waals surface area contributed by atoms with E-state index >= 15 is 0 Å². The molecule has 122 valence electrons. The van der Waals surface area contributed by atoms with E-state index in [9.17, 15) is 4.79 Å². The van der Waals surface area contributed by atoms with Crippen molar-refractivity contribution >= 4 is 35.0 Å². The molecule has 1 aromatic carbocycles. The van der Waals surface area contributed by atoms with Crippen LogP contribution in [0.1, 0.15) is 16.2 Å². The first kappa shape index (κ1) is 16.5. The number of hydrogen-bond donors (Lipinski definition) is 1. The molecule has 0 radical (unpaired) electrons. The summed E-state index contributed by atoms with van der Waals surface area (Å²) in [5, 5.41) is 4.25. The first-order valence-electron chi connectivity index (χ1n) is 7.22. The Kier molecular flexibility index (Phi) is 4.87. The topological polar surface area (TPSA) is 59.8 Å². The van der Waals surface area contributed by atoms with Crippen LogP contribution >= 0.6 is 23.4 Å². The number of hydrogen-bond acceptors (Lipinski definition) is 4. The minimum absolute atomic E-state index is 0.275. The van der Waals surface area contributed by atoms with Gasteiger partial charge >= 0.3 is 0 Å². The van der Waals surface area contributed by atoms with Gasteiger partial charge in [-0.3, -0.25) is 4.79 Å². The molecule has 0 atom stereocenters. The van der Waals surface area contributed by atoms with Crippen molar-refractivity contribution in [1.82, 2.24) is 14.5 Å². The zero-order valence-corrected chi connectivity index (χ0v) is 14.7. The number of carbonyl (C=O) groups excluding carboxylic acids is 1. The highest BCUT2D eigenvalue weighted by Crippen LogP contribution is 2.34. The number of imidazole rings is 1. The maximum Gasteiger partial charge on any atom is 0.274 e. The summed E-state index contributed by atoms with van der Waals surface area (Å²) < 4.78 is 1.91. The molecule has 5 nitrogen and oxygen atoms in total. The number of halogens is 1. The van der Waals surface area contributed by atoms with Gasteiger partial charge < -0.3 is 9.88 Å². The van der Waals surface area contributed by atoms with E-state index in [0.29, 0.717) is 16.4 Å². The molecule has 2 aromatic heterocycles. The predicted octanol–water partition coefficient (Wildman–Crippen LogP) is 4.18. The standard InChI is InChI=1S/C17H15ClN4OS/c1-11-4-3-5-13(20-11)16(23)21-14-10-12(18)6-7-15(14)24-17-19-8-9-22(17)2/h3-10H,1-2H3,(H,21,23). The van der Waals surface area contributed by atoms with Gasteiger partial charge in [-0.05, 0) is 49.0 Å². The Balaban J connectivity index is 1.88. The molecule has 0 fully saturated rings. The Morgan fingerprint density at radius 3 is 2.83 bits per heavy atom. The van der Waals surface area contributed by atoms with Crippen LogP contribution in [-0.4, -0.2) is 20.4 Å². The van der Waals surface area contributed by atoms with Crippen LogP contribution in [0, 0.1) is 6.92 Å². The van der Waals surface area contributed by atoms with Crippen molar-refractivity contribution in [3.63, 3.8) is 0 Å². The molecular formula is C17H15ClN4OS. The SMILES string of the molecule is Cc1cccc(C(=O)Nc2cc(Cl)ccc2Sc2nccn2C)n1. The van der Waals surface area contributed by atoms with Gasteiger partial charge in [0.2, 0.25) is 0 Å². The second-order valence-corrected chi connectivity index (χ2v) is 6.63. The van der Waals surface area contributed by atoms with Crippen molar-refractivity contribution in [2.45, 2.75) is 17.0 Å². The number of pyridine rings is 1. The third-order valence-corrected chi connectivity index (χ3v) is 4.68. The minimum atomic E-state index is -0.275. The molecule has 0 saturated heterocycles. The summed E-state index contributed by atoms with van der Waals surface area (Å²) in [5.41, 5.74) is 1.78. The zero-order valence-electron chi connectivity index (χ0n) is 13.2. The summed E-state index contributed by atoms with van der Waals surface area (Å²) >= 11 is 7.54. The minimum Gasteiger partial charge on any atom is -0.329 e. The molecular weight excluding hydrogens is 344 g/mol. The molecule has 0 aliphatic heterocycles. The van der Waals surface area contributed by atoms with E-state index in [-0.39, 0.29) is 5.91 Å². The van der Waals surface area contributed by atoms with Crippen LogP contribution in [0.25, 0.3) is 0 Å². The van der Waals surface area contributed by atoms with Gasteiger partial charge in [0.05, 0.1) is 5.69 Å². The summed E-state index contributed by atoms with van der Waals surface area (Å²) in [5.74, 6) is -0.275. The molecule has 2 heterocycles. The van der Waals surface area contributed by atoms with Crippen LogP contribution in [0.4, 0.5) is 5.69 Å². The summed E-state index contributed by atoms with van der Waals surface area (Å²) in [6.45, 7) is 1.85. The van der Waals surface area contributed by atoms with E-state index in [2.05, 4.69) is 15.3 Å². The van der Waals surface area contributed by atoms with Crippen molar-refractivity contribution in [1.29, 1.82) is 0 Å². The summed E-state index contributed by atoms with van der Waals surface area (Å²) in [7, 11) is 1.92. The van der Waals surface area contributed by atoms with E-state index in [1.807, 2.05) is 36.9 Å².